The number of likely N-dealkylation sites (tertiary alicyclic amines) is 1. The molecule has 5 heteroatoms. The van der Waals surface area contributed by atoms with Gasteiger partial charge in [-0.3, -0.25) is 4.79 Å². The zero-order valence-corrected chi connectivity index (χ0v) is 15.8. The number of benzene rings is 2. The molecule has 1 N–H and O–H groups in total. The van der Waals surface area contributed by atoms with Gasteiger partial charge in [0.05, 0.1) is 0 Å². The molecule has 0 bridgehead atoms. The Morgan fingerprint density at radius 2 is 2.12 bits per heavy atom. The summed E-state index contributed by atoms with van der Waals surface area (Å²) in [5, 5.41) is 3.91. The number of amides is 1. The largest absolute Gasteiger partial charge is 0.489 e. The highest BCUT2D eigenvalue weighted by atomic mass is 35.5. The minimum Gasteiger partial charge on any atom is -0.489 e. The normalized spacial score (nSPS) is 17.2. The van der Waals surface area contributed by atoms with Crippen LogP contribution in [0.15, 0.2) is 48.5 Å². The lowest BCUT2D eigenvalue weighted by Gasteiger charge is -2.32. The van der Waals surface area contributed by atoms with Crippen LogP contribution in [0.3, 0.4) is 0 Å². The fourth-order valence-electron chi connectivity index (χ4n) is 3.40. The van der Waals surface area contributed by atoms with E-state index in [9.17, 15) is 4.79 Å². The van der Waals surface area contributed by atoms with Crippen LogP contribution in [0.2, 0.25) is 5.02 Å². The summed E-state index contributed by atoms with van der Waals surface area (Å²) < 4.78 is 5.85. The third kappa shape index (κ3) is 4.99. The molecular weight excluding hydrogens is 348 g/mol. The molecule has 1 atom stereocenters. The van der Waals surface area contributed by atoms with Crippen molar-refractivity contribution >= 4 is 17.5 Å². The third-order valence-electron chi connectivity index (χ3n) is 4.67. The lowest BCUT2D eigenvalue weighted by atomic mass is 9.97. The van der Waals surface area contributed by atoms with Gasteiger partial charge in [-0.2, -0.15) is 0 Å². The van der Waals surface area contributed by atoms with E-state index in [-0.39, 0.29) is 5.91 Å². The highest BCUT2D eigenvalue weighted by Crippen LogP contribution is 2.21. The fourth-order valence-corrected chi connectivity index (χ4v) is 3.61. The molecule has 1 unspecified atom stereocenters. The predicted molar refractivity (Wildman–Crippen MR) is 105 cm³/mol. The maximum Gasteiger partial charge on any atom is 0.253 e. The van der Waals surface area contributed by atoms with Crippen LogP contribution in [0.5, 0.6) is 5.75 Å². The van der Waals surface area contributed by atoms with Crippen molar-refractivity contribution < 1.29 is 9.53 Å². The number of halogens is 1. The number of carbonyl (C=O) groups excluding carboxylic acids is 1. The van der Waals surface area contributed by atoms with E-state index in [1.54, 1.807) is 0 Å². The topological polar surface area (TPSA) is 41.6 Å². The van der Waals surface area contributed by atoms with Crippen molar-refractivity contribution in [2.75, 3.05) is 26.7 Å². The first-order valence-corrected chi connectivity index (χ1v) is 9.44. The van der Waals surface area contributed by atoms with E-state index in [4.69, 9.17) is 16.3 Å². The van der Waals surface area contributed by atoms with Gasteiger partial charge in [0.1, 0.15) is 12.4 Å². The quantitative estimate of drug-likeness (QED) is 0.833. The van der Waals surface area contributed by atoms with Crippen molar-refractivity contribution in [2.24, 2.45) is 5.92 Å². The number of ether oxygens (including phenoxy) is 1. The minimum atomic E-state index is 0.0824. The van der Waals surface area contributed by atoms with E-state index >= 15 is 0 Å². The van der Waals surface area contributed by atoms with Crippen LogP contribution in [-0.4, -0.2) is 37.5 Å². The van der Waals surface area contributed by atoms with Crippen molar-refractivity contribution in [1.82, 2.24) is 10.2 Å². The molecule has 1 fully saturated rings. The first-order valence-electron chi connectivity index (χ1n) is 9.07. The van der Waals surface area contributed by atoms with Crippen molar-refractivity contribution in [2.45, 2.75) is 19.4 Å². The van der Waals surface area contributed by atoms with Gasteiger partial charge in [-0.1, -0.05) is 29.8 Å². The van der Waals surface area contributed by atoms with Gasteiger partial charge in [-0.05, 0) is 68.2 Å². The summed E-state index contributed by atoms with van der Waals surface area (Å²) in [7, 11) is 1.96. The van der Waals surface area contributed by atoms with Crippen LogP contribution in [0, 0.1) is 5.92 Å². The number of hydrogen-bond donors (Lipinski definition) is 1. The van der Waals surface area contributed by atoms with E-state index in [1.807, 2.05) is 60.5 Å². The highest BCUT2D eigenvalue weighted by molar-refractivity contribution is 6.30. The number of rotatable bonds is 6. The first-order chi connectivity index (χ1) is 12.7. The Bertz CT molecular complexity index is 748. The molecule has 2 aromatic carbocycles. The summed E-state index contributed by atoms with van der Waals surface area (Å²) in [5.41, 5.74) is 1.68. The van der Waals surface area contributed by atoms with Crippen molar-refractivity contribution in [1.29, 1.82) is 0 Å². The Balaban J connectivity index is 1.63. The van der Waals surface area contributed by atoms with Crippen LogP contribution in [0.4, 0.5) is 0 Å². The molecule has 3 rings (SSSR count). The van der Waals surface area contributed by atoms with E-state index in [0.717, 1.165) is 31.6 Å². The zero-order chi connectivity index (χ0) is 18.4. The van der Waals surface area contributed by atoms with Crippen LogP contribution in [-0.2, 0) is 6.61 Å². The van der Waals surface area contributed by atoms with Crippen LogP contribution in [0.25, 0.3) is 0 Å². The Kier molecular flexibility index (Phi) is 6.53. The minimum absolute atomic E-state index is 0.0824. The number of hydrogen-bond acceptors (Lipinski definition) is 3. The molecule has 1 aliphatic heterocycles. The summed E-state index contributed by atoms with van der Waals surface area (Å²) in [6.07, 6.45) is 2.23. The van der Waals surface area contributed by atoms with Crippen LogP contribution in [0.1, 0.15) is 28.8 Å². The molecule has 0 aromatic heterocycles. The summed E-state index contributed by atoms with van der Waals surface area (Å²) in [4.78, 5) is 14.8. The summed E-state index contributed by atoms with van der Waals surface area (Å²) in [6.45, 7) is 3.01. The van der Waals surface area contributed by atoms with Crippen molar-refractivity contribution in [3.8, 4) is 5.75 Å². The van der Waals surface area contributed by atoms with Gasteiger partial charge in [0.15, 0.2) is 0 Å². The monoisotopic (exact) mass is 372 g/mol. The molecule has 0 saturated carbocycles. The smallest absolute Gasteiger partial charge is 0.253 e. The molecule has 138 valence electrons. The van der Waals surface area contributed by atoms with E-state index < -0.39 is 0 Å². The number of nitrogens with zero attached hydrogens (tertiary/aromatic N) is 1. The number of piperidine rings is 1. The molecule has 1 heterocycles. The van der Waals surface area contributed by atoms with Crippen LogP contribution >= 0.6 is 11.6 Å². The van der Waals surface area contributed by atoms with E-state index in [0.29, 0.717) is 28.9 Å². The lowest BCUT2D eigenvalue weighted by molar-refractivity contribution is 0.0674. The van der Waals surface area contributed by atoms with Gasteiger partial charge in [0, 0.05) is 23.7 Å². The van der Waals surface area contributed by atoms with E-state index in [1.165, 1.54) is 6.42 Å². The highest BCUT2D eigenvalue weighted by Gasteiger charge is 2.24. The molecule has 1 amide bonds. The SMILES string of the molecule is CNCC1CCCN(C(=O)c2cccc(OCc3cccc(Cl)c3)c2)C1. The van der Waals surface area contributed by atoms with E-state index in [2.05, 4.69) is 5.32 Å². The standard InChI is InChI=1S/C21H25ClN2O2/c1-23-13-17-6-4-10-24(14-17)21(25)18-7-3-9-20(12-18)26-15-16-5-2-8-19(22)11-16/h2-3,5,7-9,11-12,17,23H,4,6,10,13-15H2,1H3. The van der Waals surface area contributed by atoms with Gasteiger partial charge >= 0.3 is 0 Å². The van der Waals surface area contributed by atoms with Gasteiger partial charge in [0.2, 0.25) is 0 Å². The van der Waals surface area contributed by atoms with Gasteiger partial charge in [0.25, 0.3) is 5.91 Å². The predicted octanol–water partition coefficient (Wildman–Crippen LogP) is 3.99. The molecule has 0 spiro atoms. The van der Waals surface area contributed by atoms with Gasteiger partial charge in [-0.25, -0.2) is 0 Å². The summed E-state index contributed by atoms with van der Waals surface area (Å²) in [5.74, 6) is 1.30. The Hall–Kier alpha value is -2.04. The molecule has 1 aliphatic rings. The average Bonchev–Trinajstić information content (AvgIpc) is 2.67. The fraction of sp³-hybridized carbons (Fsp3) is 0.381. The maximum atomic E-state index is 12.9. The molecule has 4 nitrogen and oxygen atoms in total. The molecule has 1 saturated heterocycles. The third-order valence-corrected chi connectivity index (χ3v) is 4.91. The second kappa shape index (κ2) is 9.06. The second-order valence-corrected chi connectivity index (χ2v) is 7.20. The van der Waals surface area contributed by atoms with Gasteiger partial charge in [-0.15, -0.1) is 0 Å². The Labute approximate surface area is 160 Å². The molecule has 2 aromatic rings. The van der Waals surface area contributed by atoms with Crippen molar-refractivity contribution in [3.05, 3.63) is 64.7 Å². The van der Waals surface area contributed by atoms with Gasteiger partial charge < -0.3 is 15.0 Å². The molecule has 26 heavy (non-hydrogen) atoms. The Morgan fingerprint density at radius 3 is 2.92 bits per heavy atom. The summed E-state index contributed by atoms with van der Waals surface area (Å²) >= 11 is 6.00. The van der Waals surface area contributed by atoms with Crippen LogP contribution < -0.4 is 10.1 Å². The van der Waals surface area contributed by atoms with Crippen molar-refractivity contribution in [3.63, 3.8) is 0 Å². The first kappa shape index (κ1) is 18.7. The Morgan fingerprint density at radius 1 is 1.27 bits per heavy atom. The zero-order valence-electron chi connectivity index (χ0n) is 15.1. The molecule has 0 aliphatic carbocycles. The summed E-state index contributed by atoms with van der Waals surface area (Å²) in [6, 6.07) is 15.0. The average molecular weight is 373 g/mol. The second-order valence-electron chi connectivity index (χ2n) is 6.76. The molecule has 0 radical (unpaired) electrons. The maximum absolute atomic E-state index is 12.9. The number of carbonyl (C=O) groups is 1. The lowest BCUT2D eigenvalue weighted by Crippen LogP contribution is -2.42. The number of nitrogens with one attached hydrogen (secondary N) is 1. The molecular formula is C21H25ClN2O2.